The standard InChI is InChI=1S/C13H18N2O4S/c1-7(13(17)18)8(2)14-11(16)9-6-20-12(15-9)10-4-3-5-19-10/h6-8,10H,3-5H2,1-2H3,(H,14,16)(H,17,18). The van der Waals surface area contributed by atoms with Gasteiger partial charge in [-0.25, -0.2) is 4.98 Å². The van der Waals surface area contributed by atoms with Gasteiger partial charge >= 0.3 is 5.97 Å². The fraction of sp³-hybridized carbons (Fsp3) is 0.615. The van der Waals surface area contributed by atoms with E-state index in [0.29, 0.717) is 5.69 Å². The van der Waals surface area contributed by atoms with Crippen molar-refractivity contribution in [3.63, 3.8) is 0 Å². The van der Waals surface area contributed by atoms with E-state index in [1.165, 1.54) is 11.3 Å². The predicted octanol–water partition coefficient (Wildman–Crippen LogP) is 1.83. The molecule has 1 aliphatic heterocycles. The average molecular weight is 298 g/mol. The number of carboxylic acid groups (broad SMARTS) is 1. The van der Waals surface area contributed by atoms with Gasteiger partial charge in [0, 0.05) is 18.0 Å². The SMILES string of the molecule is CC(NC(=O)c1csc(C2CCCO2)n1)C(C)C(=O)O. The molecule has 1 saturated heterocycles. The van der Waals surface area contributed by atoms with Gasteiger partial charge in [-0.05, 0) is 26.7 Å². The maximum atomic E-state index is 12.0. The van der Waals surface area contributed by atoms with Gasteiger partial charge in [-0.15, -0.1) is 11.3 Å². The Morgan fingerprint density at radius 2 is 2.30 bits per heavy atom. The smallest absolute Gasteiger partial charge is 0.308 e. The summed E-state index contributed by atoms with van der Waals surface area (Å²) < 4.78 is 5.52. The van der Waals surface area contributed by atoms with Gasteiger partial charge in [0.15, 0.2) is 0 Å². The Bertz CT molecular complexity index is 496. The summed E-state index contributed by atoms with van der Waals surface area (Å²) in [6.45, 7) is 3.97. The van der Waals surface area contributed by atoms with E-state index >= 15 is 0 Å². The van der Waals surface area contributed by atoms with Crippen LogP contribution in [0.4, 0.5) is 0 Å². The largest absolute Gasteiger partial charge is 0.481 e. The number of carboxylic acids is 1. The molecular weight excluding hydrogens is 280 g/mol. The lowest BCUT2D eigenvalue weighted by Gasteiger charge is -2.16. The number of rotatable bonds is 5. The van der Waals surface area contributed by atoms with Gasteiger partial charge in [0.05, 0.1) is 5.92 Å². The number of aliphatic carboxylic acids is 1. The van der Waals surface area contributed by atoms with Crippen molar-refractivity contribution in [2.24, 2.45) is 5.92 Å². The molecule has 3 unspecified atom stereocenters. The number of nitrogens with one attached hydrogen (secondary N) is 1. The van der Waals surface area contributed by atoms with Crippen LogP contribution >= 0.6 is 11.3 Å². The van der Waals surface area contributed by atoms with Crippen LogP contribution < -0.4 is 5.32 Å². The average Bonchev–Trinajstić information content (AvgIpc) is 3.07. The second-order valence-corrected chi connectivity index (χ2v) is 5.85. The summed E-state index contributed by atoms with van der Waals surface area (Å²) in [6, 6.07) is -0.451. The normalized spacial score (nSPS) is 21.4. The van der Waals surface area contributed by atoms with Crippen LogP contribution in [-0.4, -0.2) is 34.6 Å². The van der Waals surface area contributed by atoms with Crippen LogP contribution in [0.1, 0.15) is 48.3 Å². The maximum Gasteiger partial charge on any atom is 0.308 e. The minimum absolute atomic E-state index is 0.00285. The summed E-state index contributed by atoms with van der Waals surface area (Å²) in [7, 11) is 0. The van der Waals surface area contributed by atoms with Crippen LogP contribution in [-0.2, 0) is 9.53 Å². The number of thiazole rings is 1. The van der Waals surface area contributed by atoms with Crippen LogP contribution in [0.5, 0.6) is 0 Å². The van der Waals surface area contributed by atoms with Crippen LogP contribution in [0.25, 0.3) is 0 Å². The van der Waals surface area contributed by atoms with E-state index in [-0.39, 0.29) is 12.0 Å². The van der Waals surface area contributed by atoms with Crippen molar-refractivity contribution in [2.45, 2.75) is 38.8 Å². The Balaban J connectivity index is 1.97. The molecule has 2 rings (SSSR count). The Morgan fingerprint density at radius 3 is 2.90 bits per heavy atom. The number of amides is 1. The molecule has 1 amide bonds. The van der Waals surface area contributed by atoms with Crippen LogP contribution in [0.15, 0.2) is 5.38 Å². The Kier molecular flexibility index (Phi) is 4.72. The van der Waals surface area contributed by atoms with Crippen molar-refractivity contribution >= 4 is 23.2 Å². The third-order valence-electron chi connectivity index (χ3n) is 3.46. The number of hydrogen-bond donors (Lipinski definition) is 2. The molecule has 1 aliphatic rings. The molecule has 1 aromatic rings. The zero-order valence-electron chi connectivity index (χ0n) is 11.5. The number of carbonyl (C=O) groups is 2. The van der Waals surface area contributed by atoms with E-state index in [1.54, 1.807) is 19.2 Å². The van der Waals surface area contributed by atoms with Gasteiger partial charge in [0.25, 0.3) is 5.91 Å². The highest BCUT2D eigenvalue weighted by Crippen LogP contribution is 2.30. The Hall–Kier alpha value is -1.47. The van der Waals surface area contributed by atoms with Crippen molar-refractivity contribution in [3.8, 4) is 0 Å². The molecule has 0 spiro atoms. The quantitative estimate of drug-likeness (QED) is 0.866. The molecule has 0 radical (unpaired) electrons. The number of nitrogens with zero attached hydrogens (tertiary/aromatic N) is 1. The maximum absolute atomic E-state index is 12.0. The summed E-state index contributed by atoms with van der Waals surface area (Å²) in [5.74, 6) is -1.92. The molecule has 1 fully saturated rings. The molecular formula is C13H18N2O4S. The molecule has 110 valence electrons. The Labute approximate surface area is 121 Å². The zero-order valence-corrected chi connectivity index (χ0v) is 12.3. The van der Waals surface area contributed by atoms with E-state index in [2.05, 4.69) is 10.3 Å². The molecule has 20 heavy (non-hydrogen) atoms. The van der Waals surface area contributed by atoms with Gasteiger partial charge in [-0.2, -0.15) is 0 Å². The molecule has 7 heteroatoms. The van der Waals surface area contributed by atoms with Crippen LogP contribution in [0.2, 0.25) is 0 Å². The van der Waals surface area contributed by atoms with Crippen LogP contribution in [0, 0.1) is 5.92 Å². The van der Waals surface area contributed by atoms with Gasteiger partial charge in [0.2, 0.25) is 0 Å². The number of hydrogen-bond acceptors (Lipinski definition) is 5. The topological polar surface area (TPSA) is 88.5 Å². The summed E-state index contributed by atoms with van der Waals surface area (Å²) in [6.07, 6.45) is 1.94. The van der Waals surface area contributed by atoms with Gasteiger partial charge < -0.3 is 15.2 Å². The second-order valence-electron chi connectivity index (χ2n) is 4.96. The van der Waals surface area contributed by atoms with E-state index < -0.39 is 17.9 Å². The molecule has 0 aliphatic carbocycles. The summed E-state index contributed by atoms with van der Waals surface area (Å²) in [5.41, 5.74) is 0.324. The van der Waals surface area contributed by atoms with E-state index in [4.69, 9.17) is 9.84 Å². The second kappa shape index (κ2) is 6.32. The predicted molar refractivity (Wildman–Crippen MR) is 73.8 cm³/mol. The van der Waals surface area contributed by atoms with Gasteiger partial charge in [0.1, 0.15) is 16.8 Å². The minimum Gasteiger partial charge on any atom is -0.481 e. The molecule has 2 heterocycles. The first kappa shape index (κ1) is 14.9. The molecule has 2 N–H and O–H groups in total. The zero-order chi connectivity index (χ0) is 14.7. The van der Waals surface area contributed by atoms with Crippen molar-refractivity contribution in [2.75, 3.05) is 6.61 Å². The lowest BCUT2D eigenvalue weighted by molar-refractivity contribution is -0.141. The van der Waals surface area contributed by atoms with Crippen molar-refractivity contribution < 1.29 is 19.4 Å². The highest BCUT2D eigenvalue weighted by atomic mass is 32.1. The number of carbonyl (C=O) groups excluding carboxylic acids is 1. The third-order valence-corrected chi connectivity index (χ3v) is 4.39. The molecule has 0 saturated carbocycles. The highest BCUT2D eigenvalue weighted by Gasteiger charge is 2.25. The molecule has 0 aromatic carbocycles. The molecule has 1 aromatic heterocycles. The van der Waals surface area contributed by atoms with Crippen molar-refractivity contribution in [3.05, 3.63) is 16.1 Å². The fourth-order valence-electron chi connectivity index (χ4n) is 1.93. The summed E-state index contributed by atoms with van der Waals surface area (Å²) >= 11 is 1.40. The monoisotopic (exact) mass is 298 g/mol. The van der Waals surface area contributed by atoms with Crippen LogP contribution in [0.3, 0.4) is 0 Å². The van der Waals surface area contributed by atoms with E-state index in [0.717, 1.165) is 24.5 Å². The van der Waals surface area contributed by atoms with Gasteiger partial charge in [-0.1, -0.05) is 0 Å². The first-order chi connectivity index (χ1) is 9.49. The highest BCUT2D eigenvalue weighted by molar-refractivity contribution is 7.09. The lowest BCUT2D eigenvalue weighted by atomic mass is 10.0. The fourth-order valence-corrected chi connectivity index (χ4v) is 2.81. The molecule has 6 nitrogen and oxygen atoms in total. The molecule has 0 bridgehead atoms. The summed E-state index contributed by atoms with van der Waals surface area (Å²) in [5, 5.41) is 14.1. The summed E-state index contributed by atoms with van der Waals surface area (Å²) in [4.78, 5) is 27.1. The third kappa shape index (κ3) is 3.34. The first-order valence-corrected chi connectivity index (χ1v) is 7.47. The van der Waals surface area contributed by atoms with E-state index in [9.17, 15) is 9.59 Å². The first-order valence-electron chi connectivity index (χ1n) is 6.59. The van der Waals surface area contributed by atoms with Crippen molar-refractivity contribution in [1.82, 2.24) is 10.3 Å². The number of ether oxygens (including phenoxy) is 1. The van der Waals surface area contributed by atoms with Gasteiger partial charge in [-0.3, -0.25) is 9.59 Å². The number of aromatic nitrogens is 1. The molecule has 3 atom stereocenters. The van der Waals surface area contributed by atoms with E-state index in [1.807, 2.05) is 0 Å². The Morgan fingerprint density at radius 1 is 1.55 bits per heavy atom. The minimum atomic E-state index is -0.934. The lowest BCUT2D eigenvalue weighted by Crippen LogP contribution is -2.40. The van der Waals surface area contributed by atoms with Crippen molar-refractivity contribution in [1.29, 1.82) is 0 Å².